The van der Waals surface area contributed by atoms with E-state index in [0.717, 1.165) is 18.6 Å². The van der Waals surface area contributed by atoms with Gasteiger partial charge in [0.15, 0.2) is 0 Å². The summed E-state index contributed by atoms with van der Waals surface area (Å²) < 4.78 is 11.9. The molecule has 0 unspecified atom stereocenters. The fourth-order valence-electron chi connectivity index (χ4n) is 1.18. The molecule has 11 heavy (non-hydrogen) atoms. The van der Waals surface area contributed by atoms with E-state index in [1.807, 2.05) is 11.8 Å². The van der Waals surface area contributed by atoms with Crippen LogP contribution in [0.2, 0.25) is 0 Å². The van der Waals surface area contributed by atoms with Crippen molar-refractivity contribution in [1.82, 2.24) is 0 Å². The molecule has 1 heterocycles. The molecule has 0 aromatic rings. The van der Waals surface area contributed by atoms with Gasteiger partial charge in [0.2, 0.25) is 0 Å². The third-order valence-electron chi connectivity index (χ3n) is 1.75. The summed E-state index contributed by atoms with van der Waals surface area (Å²) >= 11 is 1.90. The van der Waals surface area contributed by atoms with E-state index in [0.29, 0.717) is 10.5 Å². The van der Waals surface area contributed by atoms with Crippen LogP contribution < -0.4 is 0 Å². The van der Waals surface area contributed by atoms with Gasteiger partial charge in [0.05, 0.1) is 4.58 Å². The van der Waals surface area contributed by atoms with Crippen LogP contribution in [0, 0.1) is 5.92 Å². The van der Waals surface area contributed by atoms with Crippen molar-refractivity contribution in [3.63, 3.8) is 0 Å². The highest BCUT2D eigenvalue weighted by Crippen LogP contribution is 2.27. The van der Waals surface area contributed by atoms with Crippen molar-refractivity contribution in [3.8, 4) is 0 Å². The van der Waals surface area contributed by atoms with Crippen molar-refractivity contribution >= 4 is 22.6 Å². The molecule has 1 fully saturated rings. The Hall–Kier alpha value is 0.500. The third-order valence-corrected chi connectivity index (χ3v) is 5.36. The summed E-state index contributed by atoms with van der Waals surface area (Å²) in [6.07, 6.45) is 2.27. The summed E-state index contributed by atoms with van der Waals surface area (Å²) in [6.45, 7) is 4.40. The lowest BCUT2D eigenvalue weighted by Gasteiger charge is -2.22. The summed E-state index contributed by atoms with van der Waals surface area (Å²) in [4.78, 5) is 0. The maximum atomic E-state index is 11.4. The maximum absolute atomic E-state index is 11.4. The number of thioether (sulfide) groups is 1. The molecule has 1 aliphatic rings. The van der Waals surface area contributed by atoms with E-state index in [4.69, 9.17) is 0 Å². The second kappa shape index (κ2) is 4.51. The molecule has 0 aromatic carbocycles. The van der Waals surface area contributed by atoms with E-state index in [-0.39, 0.29) is 0 Å². The molecule has 1 nitrogen and oxygen atoms in total. The molecule has 0 radical (unpaired) electrons. The first kappa shape index (κ1) is 9.59. The van der Waals surface area contributed by atoms with Crippen LogP contribution in [0.4, 0.5) is 0 Å². The highest BCUT2D eigenvalue weighted by Gasteiger charge is 2.21. The predicted octanol–water partition coefficient (Wildman–Crippen LogP) is 2.24. The molecular formula is C8H16OS2. The van der Waals surface area contributed by atoms with Gasteiger partial charge in [-0.1, -0.05) is 13.8 Å². The molecule has 0 bridgehead atoms. The van der Waals surface area contributed by atoms with E-state index in [1.165, 1.54) is 5.75 Å². The molecule has 0 aromatic heterocycles. The van der Waals surface area contributed by atoms with Gasteiger partial charge < -0.3 is 0 Å². The molecule has 0 spiro atoms. The van der Waals surface area contributed by atoms with Gasteiger partial charge in [-0.25, -0.2) is 0 Å². The summed E-state index contributed by atoms with van der Waals surface area (Å²) in [5.41, 5.74) is 0. The summed E-state index contributed by atoms with van der Waals surface area (Å²) in [5.74, 6) is 2.84. The van der Waals surface area contributed by atoms with E-state index in [9.17, 15) is 4.21 Å². The lowest BCUT2D eigenvalue weighted by atomic mass is 10.2. The summed E-state index contributed by atoms with van der Waals surface area (Å²) in [7, 11) is -0.536. The molecule has 1 rings (SSSR count). The van der Waals surface area contributed by atoms with Crippen LogP contribution in [0.1, 0.15) is 26.7 Å². The van der Waals surface area contributed by atoms with Crippen molar-refractivity contribution in [2.24, 2.45) is 5.92 Å². The first-order valence-electron chi connectivity index (χ1n) is 4.19. The van der Waals surface area contributed by atoms with E-state index < -0.39 is 10.8 Å². The highest BCUT2D eigenvalue weighted by atomic mass is 32.2. The average molecular weight is 192 g/mol. The van der Waals surface area contributed by atoms with Crippen LogP contribution in [0.5, 0.6) is 0 Å². The first-order chi connectivity index (χ1) is 5.20. The van der Waals surface area contributed by atoms with Gasteiger partial charge in [-0.2, -0.15) is 0 Å². The van der Waals surface area contributed by atoms with Crippen LogP contribution in [0.3, 0.4) is 0 Å². The largest absolute Gasteiger partial charge is 0.258 e. The molecule has 1 aliphatic heterocycles. The monoisotopic (exact) mass is 192 g/mol. The SMILES string of the molecule is CC(C)C[C@@H]1SCCC[S@@]1=O. The minimum absolute atomic E-state index is 0.434. The van der Waals surface area contributed by atoms with Gasteiger partial charge in [-0.05, 0) is 24.5 Å². The quantitative estimate of drug-likeness (QED) is 0.667. The van der Waals surface area contributed by atoms with Crippen molar-refractivity contribution in [2.45, 2.75) is 31.3 Å². The predicted molar refractivity (Wildman–Crippen MR) is 53.3 cm³/mol. The van der Waals surface area contributed by atoms with Crippen molar-refractivity contribution < 1.29 is 4.21 Å². The fraction of sp³-hybridized carbons (Fsp3) is 1.00. The van der Waals surface area contributed by atoms with Crippen LogP contribution >= 0.6 is 11.8 Å². The Morgan fingerprint density at radius 2 is 2.36 bits per heavy atom. The van der Waals surface area contributed by atoms with Crippen molar-refractivity contribution in [3.05, 3.63) is 0 Å². The molecule has 1 saturated heterocycles. The number of rotatable bonds is 2. The van der Waals surface area contributed by atoms with Gasteiger partial charge in [-0.15, -0.1) is 11.8 Å². The zero-order valence-electron chi connectivity index (χ0n) is 7.21. The topological polar surface area (TPSA) is 17.1 Å². The lowest BCUT2D eigenvalue weighted by Crippen LogP contribution is -2.21. The Bertz CT molecular complexity index is 145. The lowest BCUT2D eigenvalue weighted by molar-refractivity contribution is 0.604. The Labute approximate surface area is 75.8 Å². The Morgan fingerprint density at radius 3 is 2.91 bits per heavy atom. The highest BCUT2D eigenvalue weighted by molar-refractivity contribution is 8.11. The molecule has 0 amide bonds. The molecule has 66 valence electrons. The van der Waals surface area contributed by atoms with Gasteiger partial charge in [0.25, 0.3) is 0 Å². The second-order valence-corrected chi connectivity index (χ2v) is 6.72. The normalized spacial score (nSPS) is 32.6. The van der Waals surface area contributed by atoms with E-state index >= 15 is 0 Å². The smallest absolute Gasteiger partial charge is 0.0803 e. The van der Waals surface area contributed by atoms with Crippen molar-refractivity contribution in [1.29, 1.82) is 0 Å². The van der Waals surface area contributed by atoms with Gasteiger partial charge >= 0.3 is 0 Å². The summed E-state index contributed by atoms with van der Waals surface area (Å²) in [6, 6.07) is 0. The molecule has 0 N–H and O–H groups in total. The van der Waals surface area contributed by atoms with Gasteiger partial charge in [0, 0.05) is 16.6 Å². The zero-order valence-corrected chi connectivity index (χ0v) is 8.84. The zero-order chi connectivity index (χ0) is 8.27. The minimum Gasteiger partial charge on any atom is -0.258 e. The standard InChI is InChI=1S/C8H16OS2/c1-7(2)6-8-10-4-3-5-11(8)9/h7-8H,3-6H2,1-2H3/t8-,11+/m1/s1. The van der Waals surface area contributed by atoms with Crippen molar-refractivity contribution in [2.75, 3.05) is 11.5 Å². The molecule has 3 heteroatoms. The molecule has 0 saturated carbocycles. The fourth-order valence-corrected chi connectivity index (χ4v) is 4.94. The number of hydrogen-bond donors (Lipinski definition) is 0. The van der Waals surface area contributed by atoms with Crippen LogP contribution in [0.15, 0.2) is 0 Å². The van der Waals surface area contributed by atoms with E-state index in [1.54, 1.807) is 0 Å². The van der Waals surface area contributed by atoms with E-state index in [2.05, 4.69) is 13.8 Å². The first-order valence-corrected chi connectivity index (χ1v) is 6.62. The second-order valence-electron chi connectivity index (χ2n) is 3.37. The number of hydrogen-bond acceptors (Lipinski definition) is 2. The average Bonchev–Trinajstić information content (AvgIpc) is 1.93. The van der Waals surface area contributed by atoms with Crippen LogP contribution in [0.25, 0.3) is 0 Å². The minimum atomic E-state index is -0.536. The van der Waals surface area contributed by atoms with Crippen LogP contribution in [-0.2, 0) is 10.8 Å². The van der Waals surface area contributed by atoms with Crippen LogP contribution in [-0.4, -0.2) is 20.3 Å². The third kappa shape index (κ3) is 3.16. The molecular weight excluding hydrogens is 176 g/mol. The Morgan fingerprint density at radius 1 is 1.64 bits per heavy atom. The molecule has 0 aliphatic carbocycles. The van der Waals surface area contributed by atoms with Gasteiger partial charge in [0.1, 0.15) is 0 Å². The maximum Gasteiger partial charge on any atom is 0.0803 e. The van der Waals surface area contributed by atoms with Gasteiger partial charge in [-0.3, -0.25) is 4.21 Å². The summed E-state index contributed by atoms with van der Waals surface area (Å²) in [5, 5.41) is 0. The Balaban J connectivity index is 2.36. The Kier molecular flexibility index (Phi) is 3.93. The molecule has 2 atom stereocenters.